The van der Waals surface area contributed by atoms with Crippen LogP contribution in [-0.2, 0) is 0 Å². The number of carbonyl (C=O) groups is 1. The molecule has 1 rings (SSSR count). The van der Waals surface area contributed by atoms with Crippen LogP contribution >= 0.6 is 0 Å². The third-order valence-corrected chi connectivity index (χ3v) is 2.43. The van der Waals surface area contributed by atoms with Gasteiger partial charge in [0.15, 0.2) is 6.23 Å². The van der Waals surface area contributed by atoms with Gasteiger partial charge >= 0.3 is 0 Å². The molecule has 0 spiro atoms. The Bertz CT molecular complexity index is 417. The zero-order valence-corrected chi connectivity index (χ0v) is 9.84. The van der Waals surface area contributed by atoms with Gasteiger partial charge in [-0.1, -0.05) is 18.2 Å². The third-order valence-electron chi connectivity index (χ3n) is 2.43. The lowest BCUT2D eigenvalue weighted by atomic mass is 10.1. The molecule has 0 aliphatic heterocycles. The van der Waals surface area contributed by atoms with Crippen LogP contribution in [0.25, 0.3) is 0 Å². The Morgan fingerprint density at radius 1 is 1.44 bits per heavy atom. The van der Waals surface area contributed by atoms with Gasteiger partial charge in [0.2, 0.25) is 0 Å². The van der Waals surface area contributed by atoms with E-state index in [4.69, 9.17) is 5.26 Å². The Balaban J connectivity index is 2.42. The molecule has 18 heavy (non-hydrogen) atoms. The fraction of sp³-hybridized carbons (Fsp3) is 0.385. The van der Waals surface area contributed by atoms with Gasteiger partial charge in [0, 0.05) is 12.0 Å². The zero-order valence-electron chi connectivity index (χ0n) is 9.84. The summed E-state index contributed by atoms with van der Waals surface area (Å²) in [6, 6.07) is 10.2. The molecule has 1 aromatic carbocycles. The summed E-state index contributed by atoms with van der Waals surface area (Å²) < 4.78 is 13.4. The van der Waals surface area contributed by atoms with Crippen LogP contribution in [0, 0.1) is 11.3 Å². The van der Waals surface area contributed by atoms with E-state index in [1.54, 1.807) is 30.3 Å². The van der Waals surface area contributed by atoms with E-state index in [0.29, 0.717) is 12.0 Å². The topological polar surface area (TPSA) is 73.1 Å². The Hall–Kier alpha value is -1.93. The van der Waals surface area contributed by atoms with Crippen LogP contribution in [0.2, 0.25) is 0 Å². The highest BCUT2D eigenvalue weighted by Gasteiger charge is 2.20. The van der Waals surface area contributed by atoms with E-state index in [2.05, 4.69) is 5.32 Å². The highest BCUT2D eigenvalue weighted by Crippen LogP contribution is 2.08. The summed E-state index contributed by atoms with van der Waals surface area (Å²) in [5.41, 5.74) is 0.362. The summed E-state index contributed by atoms with van der Waals surface area (Å²) in [7, 11) is 0. The molecule has 96 valence electrons. The number of hydrogen-bond acceptors (Lipinski definition) is 3. The van der Waals surface area contributed by atoms with Gasteiger partial charge in [-0.2, -0.15) is 5.26 Å². The normalized spacial score (nSPS) is 13.4. The lowest BCUT2D eigenvalue weighted by Gasteiger charge is -2.16. The predicted molar refractivity (Wildman–Crippen MR) is 64.3 cm³/mol. The van der Waals surface area contributed by atoms with E-state index < -0.39 is 18.3 Å². The molecule has 0 heterocycles. The van der Waals surface area contributed by atoms with E-state index in [1.807, 2.05) is 6.07 Å². The lowest BCUT2D eigenvalue weighted by molar-refractivity contribution is 0.0389. The number of nitrogens with one attached hydrogen (secondary N) is 1. The van der Waals surface area contributed by atoms with Crippen molar-refractivity contribution in [3.63, 3.8) is 0 Å². The molecular weight excluding hydrogens is 235 g/mol. The number of nitrogens with zero attached hydrogens (tertiary/aromatic N) is 1. The number of nitriles is 1. The molecule has 2 N–H and O–H groups in total. The Kier molecular flexibility index (Phi) is 5.81. The molecule has 2 atom stereocenters. The number of amides is 1. The van der Waals surface area contributed by atoms with Crippen molar-refractivity contribution in [2.45, 2.75) is 31.7 Å². The number of hydrogen-bond donors (Lipinski definition) is 2. The van der Waals surface area contributed by atoms with Crippen molar-refractivity contribution in [3.8, 4) is 6.07 Å². The summed E-state index contributed by atoms with van der Waals surface area (Å²) >= 11 is 0. The fourth-order valence-electron chi connectivity index (χ4n) is 1.43. The fourth-order valence-corrected chi connectivity index (χ4v) is 1.43. The largest absolute Gasteiger partial charge is 0.371 e. The minimum absolute atomic E-state index is 0.0454. The minimum Gasteiger partial charge on any atom is -0.371 e. The van der Waals surface area contributed by atoms with Crippen molar-refractivity contribution < 1.29 is 14.3 Å². The zero-order chi connectivity index (χ0) is 13.4. The molecule has 0 aromatic heterocycles. The lowest BCUT2D eigenvalue weighted by Crippen LogP contribution is -2.41. The van der Waals surface area contributed by atoms with Crippen molar-refractivity contribution in [2.75, 3.05) is 0 Å². The molecule has 1 aromatic rings. The minimum atomic E-state index is -1.56. The first-order valence-corrected chi connectivity index (χ1v) is 5.70. The average molecular weight is 250 g/mol. The maximum Gasteiger partial charge on any atom is 0.253 e. The molecule has 0 aliphatic carbocycles. The third kappa shape index (κ3) is 4.52. The summed E-state index contributed by atoms with van der Waals surface area (Å²) in [6.45, 7) is 0. The van der Waals surface area contributed by atoms with E-state index >= 15 is 0 Å². The summed E-state index contributed by atoms with van der Waals surface area (Å²) in [5.74, 6) is -0.522. The van der Waals surface area contributed by atoms with Gasteiger partial charge in [-0.05, 0) is 25.0 Å². The summed E-state index contributed by atoms with van der Waals surface area (Å²) in [6.07, 6.45) is -2.47. The van der Waals surface area contributed by atoms with E-state index in [1.165, 1.54) is 0 Å². The molecule has 0 radical (unpaired) electrons. The van der Waals surface area contributed by atoms with Gasteiger partial charge in [0.05, 0.1) is 6.07 Å². The molecule has 0 saturated heterocycles. The Morgan fingerprint density at radius 2 is 2.11 bits per heavy atom. The van der Waals surface area contributed by atoms with Crippen LogP contribution in [0.3, 0.4) is 0 Å². The molecule has 0 aliphatic rings. The van der Waals surface area contributed by atoms with Crippen LogP contribution < -0.4 is 5.32 Å². The smallest absolute Gasteiger partial charge is 0.253 e. The molecule has 0 bridgehead atoms. The summed E-state index contributed by atoms with van der Waals surface area (Å²) in [5, 5.41) is 19.9. The monoisotopic (exact) mass is 250 g/mol. The number of alkyl halides is 1. The van der Waals surface area contributed by atoms with Crippen LogP contribution in [0.4, 0.5) is 4.39 Å². The first-order valence-electron chi connectivity index (χ1n) is 5.70. The first-order chi connectivity index (χ1) is 8.65. The molecule has 0 saturated carbocycles. The quantitative estimate of drug-likeness (QED) is 0.597. The number of benzene rings is 1. The average Bonchev–Trinajstić information content (AvgIpc) is 2.39. The standard InChI is InChI=1S/C13H15FN2O2/c14-11(8-4-5-9-15)13(18)16-12(17)10-6-2-1-3-7-10/h1-3,6-7,11,13,18H,4-5,8H2,(H,16,17)/t11-,13+/m0/s1. The van der Waals surface area contributed by atoms with Gasteiger partial charge in [-0.15, -0.1) is 0 Å². The Labute approximate surface area is 105 Å². The van der Waals surface area contributed by atoms with Crippen molar-refractivity contribution in [3.05, 3.63) is 35.9 Å². The number of carbonyl (C=O) groups excluding carboxylic acids is 1. The van der Waals surface area contributed by atoms with Gasteiger partial charge in [0.25, 0.3) is 5.91 Å². The highest BCUT2D eigenvalue weighted by molar-refractivity contribution is 5.94. The second-order valence-electron chi connectivity index (χ2n) is 3.85. The van der Waals surface area contributed by atoms with E-state index in [-0.39, 0.29) is 12.8 Å². The van der Waals surface area contributed by atoms with Gasteiger partial charge in [0.1, 0.15) is 6.17 Å². The van der Waals surface area contributed by atoms with Crippen molar-refractivity contribution >= 4 is 5.91 Å². The van der Waals surface area contributed by atoms with Crippen LogP contribution in [0.15, 0.2) is 30.3 Å². The number of aliphatic hydroxyl groups excluding tert-OH is 1. The van der Waals surface area contributed by atoms with Crippen molar-refractivity contribution in [2.24, 2.45) is 0 Å². The van der Waals surface area contributed by atoms with E-state index in [0.717, 1.165) is 0 Å². The number of unbranched alkanes of at least 4 members (excludes halogenated alkanes) is 1. The van der Waals surface area contributed by atoms with Gasteiger partial charge in [-0.25, -0.2) is 4.39 Å². The number of halogens is 1. The van der Waals surface area contributed by atoms with Gasteiger partial charge < -0.3 is 10.4 Å². The SMILES string of the molecule is N#CCCC[C@H](F)[C@@H](O)NC(=O)c1ccccc1. The maximum absolute atomic E-state index is 13.4. The second kappa shape index (κ2) is 7.41. The van der Waals surface area contributed by atoms with Crippen LogP contribution in [-0.4, -0.2) is 23.4 Å². The highest BCUT2D eigenvalue weighted by atomic mass is 19.1. The summed E-state index contributed by atoms with van der Waals surface area (Å²) in [4.78, 5) is 11.6. The number of rotatable bonds is 6. The van der Waals surface area contributed by atoms with E-state index in [9.17, 15) is 14.3 Å². The van der Waals surface area contributed by atoms with Crippen molar-refractivity contribution in [1.82, 2.24) is 5.32 Å². The van der Waals surface area contributed by atoms with Gasteiger partial charge in [-0.3, -0.25) is 4.79 Å². The molecular formula is C13H15FN2O2. The number of aliphatic hydroxyl groups is 1. The molecule has 5 heteroatoms. The molecule has 4 nitrogen and oxygen atoms in total. The first kappa shape index (κ1) is 14.1. The second-order valence-corrected chi connectivity index (χ2v) is 3.85. The predicted octanol–water partition coefficient (Wildman–Crippen LogP) is 1.77. The van der Waals surface area contributed by atoms with Crippen LogP contribution in [0.5, 0.6) is 0 Å². The molecule has 1 amide bonds. The maximum atomic E-state index is 13.4. The molecule has 0 unspecified atom stereocenters. The van der Waals surface area contributed by atoms with Crippen LogP contribution in [0.1, 0.15) is 29.6 Å². The molecule has 0 fully saturated rings. The van der Waals surface area contributed by atoms with Crippen molar-refractivity contribution in [1.29, 1.82) is 5.26 Å². The Morgan fingerprint density at radius 3 is 2.72 bits per heavy atom.